The third kappa shape index (κ3) is 3.11. The topological polar surface area (TPSA) is 32.3 Å². The summed E-state index contributed by atoms with van der Waals surface area (Å²) in [4.78, 5) is 0. The van der Waals surface area contributed by atoms with Gasteiger partial charge in [-0.25, -0.2) is 0 Å². The van der Waals surface area contributed by atoms with Gasteiger partial charge in [0.1, 0.15) is 0 Å². The molecule has 0 aliphatic heterocycles. The molecule has 0 aromatic carbocycles. The van der Waals surface area contributed by atoms with Crippen molar-refractivity contribution in [1.82, 2.24) is 5.32 Å². The van der Waals surface area contributed by atoms with Gasteiger partial charge in [-0.05, 0) is 24.7 Å². The Bertz CT molecular complexity index is 139. The van der Waals surface area contributed by atoms with Gasteiger partial charge in [-0.15, -0.1) is 0 Å². The predicted octanol–water partition coefficient (Wildman–Crippen LogP) is 1.54. The molecule has 1 fully saturated rings. The Hall–Kier alpha value is -0.0800. The lowest BCUT2D eigenvalue weighted by Gasteiger charge is -2.24. The van der Waals surface area contributed by atoms with Gasteiger partial charge >= 0.3 is 0 Å². The van der Waals surface area contributed by atoms with Crippen LogP contribution in [0.1, 0.15) is 40.0 Å². The second kappa shape index (κ2) is 3.75. The van der Waals surface area contributed by atoms with Gasteiger partial charge in [-0.3, -0.25) is 0 Å². The highest BCUT2D eigenvalue weighted by molar-refractivity contribution is 4.83. The molecule has 2 atom stereocenters. The highest BCUT2D eigenvalue weighted by atomic mass is 16.3. The minimum atomic E-state index is -0.104. The fraction of sp³-hybridized carbons (Fsp3) is 1.00. The highest BCUT2D eigenvalue weighted by Gasteiger charge is 2.25. The maximum Gasteiger partial charge on any atom is 0.0693 e. The molecular weight excluding hydrogens is 150 g/mol. The quantitative estimate of drug-likeness (QED) is 0.660. The van der Waals surface area contributed by atoms with Crippen LogP contribution in [-0.4, -0.2) is 23.8 Å². The summed E-state index contributed by atoms with van der Waals surface area (Å²) in [5.74, 6) is 0. The smallest absolute Gasteiger partial charge is 0.0693 e. The molecule has 0 unspecified atom stereocenters. The summed E-state index contributed by atoms with van der Waals surface area (Å²) < 4.78 is 0. The van der Waals surface area contributed by atoms with Crippen molar-refractivity contribution < 1.29 is 5.11 Å². The van der Waals surface area contributed by atoms with Crippen molar-refractivity contribution in [2.24, 2.45) is 5.41 Å². The van der Waals surface area contributed by atoms with E-state index in [9.17, 15) is 5.11 Å². The number of nitrogens with one attached hydrogen (secondary N) is 1. The Morgan fingerprint density at radius 3 is 2.42 bits per heavy atom. The van der Waals surface area contributed by atoms with Crippen molar-refractivity contribution in [2.75, 3.05) is 6.54 Å². The first-order chi connectivity index (χ1) is 5.49. The van der Waals surface area contributed by atoms with Crippen molar-refractivity contribution >= 4 is 0 Å². The summed E-state index contributed by atoms with van der Waals surface area (Å²) in [6.07, 6.45) is 3.18. The molecule has 0 heterocycles. The van der Waals surface area contributed by atoms with E-state index in [-0.39, 0.29) is 6.10 Å². The Morgan fingerprint density at radius 2 is 2.00 bits per heavy atom. The molecular formula is C10H21NO. The van der Waals surface area contributed by atoms with Crippen LogP contribution < -0.4 is 5.32 Å². The molecule has 1 aliphatic rings. The molecule has 0 radical (unpaired) electrons. The summed E-state index contributed by atoms with van der Waals surface area (Å²) in [6, 6.07) is 0.351. The van der Waals surface area contributed by atoms with Crippen LogP contribution in [0.4, 0.5) is 0 Å². The van der Waals surface area contributed by atoms with Crippen LogP contribution in [0.5, 0.6) is 0 Å². The second-order valence-electron chi connectivity index (χ2n) is 5.05. The van der Waals surface area contributed by atoms with Gasteiger partial charge in [-0.2, -0.15) is 0 Å². The molecule has 72 valence electrons. The lowest BCUT2D eigenvalue weighted by atomic mass is 9.96. The number of aliphatic hydroxyl groups excluding tert-OH is 1. The van der Waals surface area contributed by atoms with Crippen LogP contribution in [0.25, 0.3) is 0 Å². The van der Waals surface area contributed by atoms with Crippen LogP contribution >= 0.6 is 0 Å². The van der Waals surface area contributed by atoms with E-state index in [0.717, 1.165) is 19.4 Å². The second-order valence-corrected chi connectivity index (χ2v) is 5.05. The highest BCUT2D eigenvalue weighted by Crippen LogP contribution is 2.20. The molecule has 0 saturated heterocycles. The van der Waals surface area contributed by atoms with E-state index in [0.29, 0.717) is 11.5 Å². The minimum absolute atomic E-state index is 0.104. The van der Waals surface area contributed by atoms with Crippen LogP contribution in [-0.2, 0) is 0 Å². The lowest BCUT2D eigenvalue weighted by Crippen LogP contribution is -2.40. The molecule has 2 N–H and O–H groups in total. The Balaban J connectivity index is 2.23. The Labute approximate surface area is 75.4 Å². The molecule has 0 amide bonds. The van der Waals surface area contributed by atoms with Gasteiger partial charge < -0.3 is 10.4 Å². The van der Waals surface area contributed by atoms with E-state index < -0.39 is 0 Å². The van der Waals surface area contributed by atoms with E-state index in [1.54, 1.807) is 0 Å². The molecule has 0 aromatic rings. The van der Waals surface area contributed by atoms with Gasteiger partial charge in [0.15, 0.2) is 0 Å². The summed E-state index contributed by atoms with van der Waals surface area (Å²) in [7, 11) is 0. The van der Waals surface area contributed by atoms with Crippen LogP contribution in [0.3, 0.4) is 0 Å². The van der Waals surface area contributed by atoms with E-state index >= 15 is 0 Å². The molecule has 2 nitrogen and oxygen atoms in total. The van der Waals surface area contributed by atoms with Gasteiger partial charge in [0.25, 0.3) is 0 Å². The number of aliphatic hydroxyl groups is 1. The van der Waals surface area contributed by atoms with Gasteiger partial charge in [-0.1, -0.05) is 20.8 Å². The Kier molecular flexibility index (Phi) is 3.13. The first kappa shape index (κ1) is 10.0. The number of rotatable bonds is 2. The van der Waals surface area contributed by atoms with Crippen molar-refractivity contribution in [3.05, 3.63) is 0 Å². The van der Waals surface area contributed by atoms with Crippen LogP contribution in [0, 0.1) is 5.41 Å². The van der Waals surface area contributed by atoms with E-state index in [4.69, 9.17) is 0 Å². The maximum atomic E-state index is 9.52. The molecule has 0 spiro atoms. The Morgan fingerprint density at radius 1 is 1.33 bits per heavy atom. The summed E-state index contributed by atoms with van der Waals surface area (Å²) in [5, 5.41) is 12.9. The monoisotopic (exact) mass is 171 g/mol. The molecule has 1 saturated carbocycles. The molecule has 0 aromatic heterocycles. The van der Waals surface area contributed by atoms with Gasteiger partial charge in [0.05, 0.1) is 6.10 Å². The maximum absolute atomic E-state index is 9.52. The normalized spacial score (nSPS) is 31.0. The molecule has 1 aliphatic carbocycles. The van der Waals surface area contributed by atoms with Crippen LogP contribution in [0.15, 0.2) is 0 Å². The minimum Gasteiger partial charge on any atom is -0.392 e. The van der Waals surface area contributed by atoms with Crippen molar-refractivity contribution in [2.45, 2.75) is 52.2 Å². The molecule has 0 bridgehead atoms. The third-order valence-electron chi connectivity index (χ3n) is 2.37. The average molecular weight is 171 g/mol. The zero-order valence-electron chi connectivity index (χ0n) is 8.43. The van der Waals surface area contributed by atoms with E-state index in [2.05, 4.69) is 26.1 Å². The molecule has 2 heteroatoms. The first-order valence-corrected chi connectivity index (χ1v) is 4.90. The molecule has 1 rings (SSSR count). The summed E-state index contributed by atoms with van der Waals surface area (Å²) in [6.45, 7) is 7.62. The van der Waals surface area contributed by atoms with E-state index in [1.807, 2.05) is 0 Å². The summed E-state index contributed by atoms with van der Waals surface area (Å²) in [5.41, 5.74) is 0.322. The zero-order chi connectivity index (χ0) is 9.19. The van der Waals surface area contributed by atoms with Crippen LogP contribution in [0.2, 0.25) is 0 Å². The molecule has 12 heavy (non-hydrogen) atoms. The SMILES string of the molecule is CC(C)(C)CN[C@H]1CCC[C@@H]1O. The van der Waals surface area contributed by atoms with Crippen molar-refractivity contribution in [3.63, 3.8) is 0 Å². The average Bonchev–Trinajstić information content (AvgIpc) is 2.29. The van der Waals surface area contributed by atoms with Gasteiger partial charge in [0, 0.05) is 12.6 Å². The predicted molar refractivity (Wildman–Crippen MR) is 51.1 cm³/mol. The number of hydrogen-bond donors (Lipinski definition) is 2. The lowest BCUT2D eigenvalue weighted by molar-refractivity contribution is 0.143. The summed E-state index contributed by atoms with van der Waals surface area (Å²) >= 11 is 0. The van der Waals surface area contributed by atoms with Gasteiger partial charge in [0.2, 0.25) is 0 Å². The van der Waals surface area contributed by atoms with Crippen molar-refractivity contribution in [1.29, 1.82) is 0 Å². The largest absolute Gasteiger partial charge is 0.392 e. The standard InChI is InChI=1S/C10H21NO/c1-10(2,3)7-11-8-5-4-6-9(8)12/h8-9,11-12H,4-7H2,1-3H3/t8-,9-/m0/s1. The zero-order valence-corrected chi connectivity index (χ0v) is 8.43. The fourth-order valence-electron chi connectivity index (χ4n) is 1.62. The number of hydrogen-bond acceptors (Lipinski definition) is 2. The fourth-order valence-corrected chi connectivity index (χ4v) is 1.62. The van der Waals surface area contributed by atoms with Crippen molar-refractivity contribution in [3.8, 4) is 0 Å². The third-order valence-corrected chi connectivity index (χ3v) is 2.37. The first-order valence-electron chi connectivity index (χ1n) is 4.90. The van der Waals surface area contributed by atoms with E-state index in [1.165, 1.54) is 6.42 Å².